The van der Waals surface area contributed by atoms with Crippen molar-refractivity contribution in [3.05, 3.63) is 17.2 Å². The lowest BCUT2D eigenvalue weighted by atomic mass is 10.1. The minimum absolute atomic E-state index is 0.0417. The van der Waals surface area contributed by atoms with Crippen molar-refractivity contribution in [2.45, 2.75) is 26.2 Å². The first-order valence-corrected chi connectivity index (χ1v) is 4.07. The molecule has 0 aliphatic carbocycles. The predicted octanol–water partition coefficient (Wildman–Crippen LogP) is 2.45. The van der Waals surface area contributed by atoms with Crippen LogP contribution in [0.1, 0.15) is 31.0 Å². The first-order chi connectivity index (χ1) is 6.07. The highest BCUT2D eigenvalue weighted by Crippen LogP contribution is 2.24. The lowest BCUT2D eigenvalue weighted by Crippen LogP contribution is -1.95. The van der Waals surface area contributed by atoms with Crippen LogP contribution in [0.2, 0.25) is 0 Å². The maximum absolute atomic E-state index is 13.1. The minimum Gasteiger partial charge on any atom is -0.242 e. The maximum Gasteiger partial charge on any atom is 0.282 e. The van der Waals surface area contributed by atoms with Gasteiger partial charge in [0.25, 0.3) is 6.43 Å². The Balaban J connectivity index is 3.11. The summed E-state index contributed by atoms with van der Waals surface area (Å²) in [5.41, 5.74) is -0.387. The van der Waals surface area contributed by atoms with Gasteiger partial charge in [0.2, 0.25) is 5.95 Å². The summed E-state index contributed by atoms with van der Waals surface area (Å²) < 4.78 is 38.6. The molecule has 0 saturated carbocycles. The summed E-state index contributed by atoms with van der Waals surface area (Å²) in [7, 11) is 1.32. The molecule has 5 heteroatoms. The van der Waals surface area contributed by atoms with E-state index in [1.807, 2.05) is 6.92 Å². The Morgan fingerprint density at radius 2 is 2.08 bits per heavy atom. The van der Waals surface area contributed by atoms with Gasteiger partial charge in [-0.05, 0) is 6.42 Å². The zero-order valence-corrected chi connectivity index (χ0v) is 7.52. The van der Waals surface area contributed by atoms with Gasteiger partial charge >= 0.3 is 0 Å². The van der Waals surface area contributed by atoms with Crippen molar-refractivity contribution in [2.75, 3.05) is 0 Å². The fourth-order valence-electron chi connectivity index (χ4n) is 1.22. The number of aryl methyl sites for hydroxylation is 1. The quantitative estimate of drug-likeness (QED) is 0.719. The maximum atomic E-state index is 13.1. The van der Waals surface area contributed by atoms with E-state index in [4.69, 9.17) is 0 Å². The highest BCUT2D eigenvalue weighted by atomic mass is 19.3. The first-order valence-electron chi connectivity index (χ1n) is 4.07. The summed E-state index contributed by atoms with van der Waals surface area (Å²) in [6.45, 7) is 1.81. The van der Waals surface area contributed by atoms with Crippen LogP contribution in [0.3, 0.4) is 0 Å². The molecule has 0 bridgehead atoms. The summed E-state index contributed by atoms with van der Waals surface area (Å²) in [5, 5.41) is 3.42. The third kappa shape index (κ3) is 1.84. The average molecular weight is 192 g/mol. The SMILES string of the molecule is CCCc1c(C(F)F)nn(C)c1F. The van der Waals surface area contributed by atoms with Crippen LogP contribution in [0.15, 0.2) is 0 Å². The number of nitrogens with zero attached hydrogens (tertiary/aromatic N) is 2. The van der Waals surface area contributed by atoms with E-state index in [0.717, 1.165) is 4.68 Å². The van der Waals surface area contributed by atoms with E-state index in [-0.39, 0.29) is 5.56 Å². The van der Waals surface area contributed by atoms with Crippen LogP contribution >= 0.6 is 0 Å². The number of alkyl halides is 2. The van der Waals surface area contributed by atoms with Gasteiger partial charge in [0.1, 0.15) is 5.69 Å². The number of rotatable bonds is 3. The van der Waals surface area contributed by atoms with E-state index >= 15 is 0 Å². The third-order valence-corrected chi connectivity index (χ3v) is 1.81. The normalized spacial score (nSPS) is 11.2. The van der Waals surface area contributed by atoms with Crippen LogP contribution in [-0.2, 0) is 13.5 Å². The Morgan fingerprint density at radius 1 is 1.46 bits per heavy atom. The Kier molecular flexibility index (Phi) is 2.95. The molecule has 74 valence electrons. The molecule has 0 radical (unpaired) electrons. The summed E-state index contributed by atoms with van der Waals surface area (Å²) in [5.74, 6) is -0.655. The van der Waals surface area contributed by atoms with Crippen molar-refractivity contribution in [2.24, 2.45) is 7.05 Å². The summed E-state index contributed by atoms with van der Waals surface area (Å²) in [6, 6.07) is 0. The lowest BCUT2D eigenvalue weighted by Gasteiger charge is -1.97. The largest absolute Gasteiger partial charge is 0.282 e. The molecule has 0 atom stereocenters. The fourth-order valence-corrected chi connectivity index (χ4v) is 1.22. The Hall–Kier alpha value is -1.00. The van der Waals surface area contributed by atoms with Crippen LogP contribution in [0.25, 0.3) is 0 Å². The number of halogens is 3. The molecular weight excluding hydrogens is 181 g/mol. The molecule has 1 rings (SSSR count). The molecule has 1 aromatic rings. The van der Waals surface area contributed by atoms with Crippen LogP contribution in [0, 0.1) is 5.95 Å². The van der Waals surface area contributed by atoms with Crippen molar-refractivity contribution in [3.8, 4) is 0 Å². The second kappa shape index (κ2) is 3.81. The fraction of sp³-hybridized carbons (Fsp3) is 0.625. The number of aromatic nitrogens is 2. The van der Waals surface area contributed by atoms with Crippen LogP contribution in [-0.4, -0.2) is 9.78 Å². The molecule has 13 heavy (non-hydrogen) atoms. The Labute approximate surface area is 74.4 Å². The molecule has 0 unspecified atom stereocenters. The van der Waals surface area contributed by atoms with E-state index in [1.54, 1.807) is 0 Å². The summed E-state index contributed by atoms with van der Waals surface area (Å²) in [6.07, 6.45) is -1.76. The average Bonchev–Trinajstić information content (AvgIpc) is 2.33. The molecule has 0 fully saturated rings. The van der Waals surface area contributed by atoms with E-state index in [2.05, 4.69) is 5.10 Å². The molecule has 1 aromatic heterocycles. The van der Waals surface area contributed by atoms with Crippen molar-refractivity contribution in [1.82, 2.24) is 9.78 Å². The Bertz CT molecular complexity index is 294. The zero-order valence-electron chi connectivity index (χ0n) is 7.52. The van der Waals surface area contributed by atoms with Gasteiger partial charge in [0.05, 0.1) is 0 Å². The second-order valence-corrected chi connectivity index (χ2v) is 2.83. The number of hydrogen-bond donors (Lipinski definition) is 0. The van der Waals surface area contributed by atoms with E-state index in [0.29, 0.717) is 12.8 Å². The molecule has 0 aliphatic heterocycles. The number of hydrogen-bond acceptors (Lipinski definition) is 1. The van der Waals surface area contributed by atoms with Gasteiger partial charge in [-0.1, -0.05) is 13.3 Å². The van der Waals surface area contributed by atoms with Gasteiger partial charge in [0.15, 0.2) is 0 Å². The minimum atomic E-state index is -2.70. The lowest BCUT2D eigenvalue weighted by molar-refractivity contribution is 0.144. The van der Waals surface area contributed by atoms with E-state index < -0.39 is 18.1 Å². The molecule has 0 spiro atoms. The molecule has 2 nitrogen and oxygen atoms in total. The zero-order chi connectivity index (χ0) is 10.0. The van der Waals surface area contributed by atoms with E-state index in [9.17, 15) is 13.2 Å². The molecule has 0 aliphatic rings. The first kappa shape index (κ1) is 10.1. The summed E-state index contributed by atoms with van der Waals surface area (Å²) in [4.78, 5) is 0. The van der Waals surface area contributed by atoms with Crippen LogP contribution in [0.5, 0.6) is 0 Å². The van der Waals surface area contributed by atoms with Crippen LogP contribution in [0.4, 0.5) is 13.2 Å². The van der Waals surface area contributed by atoms with Crippen molar-refractivity contribution < 1.29 is 13.2 Å². The van der Waals surface area contributed by atoms with Crippen molar-refractivity contribution in [1.29, 1.82) is 0 Å². The highest BCUT2D eigenvalue weighted by Gasteiger charge is 2.21. The molecule has 0 saturated heterocycles. The molecule has 0 N–H and O–H groups in total. The smallest absolute Gasteiger partial charge is 0.242 e. The van der Waals surface area contributed by atoms with Crippen molar-refractivity contribution in [3.63, 3.8) is 0 Å². The topological polar surface area (TPSA) is 17.8 Å². The highest BCUT2D eigenvalue weighted by molar-refractivity contribution is 5.20. The molecular formula is C8H11F3N2. The monoisotopic (exact) mass is 192 g/mol. The Morgan fingerprint density at radius 3 is 2.54 bits per heavy atom. The molecule has 1 heterocycles. The van der Waals surface area contributed by atoms with E-state index in [1.165, 1.54) is 7.05 Å². The molecule has 0 amide bonds. The van der Waals surface area contributed by atoms with Gasteiger partial charge in [-0.3, -0.25) is 0 Å². The predicted molar refractivity (Wildman–Crippen MR) is 42.1 cm³/mol. The summed E-state index contributed by atoms with van der Waals surface area (Å²) >= 11 is 0. The second-order valence-electron chi connectivity index (χ2n) is 2.83. The van der Waals surface area contributed by atoms with Gasteiger partial charge in [-0.25, -0.2) is 13.5 Å². The van der Waals surface area contributed by atoms with Gasteiger partial charge in [0, 0.05) is 12.6 Å². The van der Waals surface area contributed by atoms with Crippen LogP contribution < -0.4 is 0 Å². The van der Waals surface area contributed by atoms with Gasteiger partial charge in [-0.15, -0.1) is 0 Å². The van der Waals surface area contributed by atoms with Gasteiger partial charge < -0.3 is 0 Å². The standard InChI is InChI=1S/C8H11F3N2/c1-3-4-5-6(7(9)10)12-13(2)8(5)11/h7H,3-4H2,1-2H3. The van der Waals surface area contributed by atoms with Crippen molar-refractivity contribution >= 4 is 0 Å². The third-order valence-electron chi connectivity index (χ3n) is 1.81. The molecule has 0 aromatic carbocycles. The van der Waals surface area contributed by atoms with Gasteiger partial charge in [-0.2, -0.15) is 9.49 Å².